The van der Waals surface area contributed by atoms with Crippen LogP contribution >= 0.6 is 11.6 Å². The second kappa shape index (κ2) is 8.25. The number of ether oxygens (including phenoxy) is 1. The number of rotatable bonds is 7. The summed E-state index contributed by atoms with van der Waals surface area (Å²) in [5, 5.41) is 3.38. The van der Waals surface area contributed by atoms with Crippen LogP contribution in [0.3, 0.4) is 0 Å². The second-order valence-electron chi connectivity index (χ2n) is 5.52. The van der Waals surface area contributed by atoms with Crippen LogP contribution in [-0.4, -0.2) is 24.1 Å². The molecule has 1 amide bonds. The Kier molecular flexibility index (Phi) is 6.99. The molecule has 3 atom stereocenters. The van der Waals surface area contributed by atoms with E-state index in [4.69, 9.17) is 22.1 Å². The van der Waals surface area contributed by atoms with E-state index in [2.05, 4.69) is 5.32 Å². The summed E-state index contributed by atoms with van der Waals surface area (Å²) in [6, 6.07) is 5.75. The summed E-state index contributed by atoms with van der Waals surface area (Å²) in [7, 11) is 0. The molecule has 0 saturated heterocycles. The van der Waals surface area contributed by atoms with Crippen LogP contribution in [0.25, 0.3) is 0 Å². The smallest absolute Gasteiger partial charge is 0.260 e. The lowest BCUT2D eigenvalue weighted by Gasteiger charge is -2.18. The maximum absolute atomic E-state index is 11.9. The zero-order valence-corrected chi connectivity index (χ0v) is 13.9. The lowest BCUT2D eigenvalue weighted by molar-refractivity contribution is -0.127. The van der Waals surface area contributed by atoms with Crippen molar-refractivity contribution >= 4 is 17.5 Å². The summed E-state index contributed by atoms with van der Waals surface area (Å²) < 4.78 is 5.64. The van der Waals surface area contributed by atoms with Crippen molar-refractivity contribution in [1.82, 2.24) is 5.32 Å². The number of nitrogens with two attached hydrogens (primary N) is 1. The molecule has 5 heteroatoms. The van der Waals surface area contributed by atoms with E-state index >= 15 is 0 Å². The average Bonchev–Trinajstić information content (AvgIpc) is 2.40. The number of hydrogen-bond acceptors (Lipinski definition) is 3. The normalized spacial score (nSPS) is 15.1. The molecule has 0 spiro atoms. The fourth-order valence-electron chi connectivity index (χ4n) is 1.84. The predicted molar refractivity (Wildman–Crippen MR) is 86.8 cm³/mol. The van der Waals surface area contributed by atoms with Gasteiger partial charge in [-0.3, -0.25) is 4.79 Å². The van der Waals surface area contributed by atoms with E-state index in [9.17, 15) is 4.79 Å². The molecular formula is C16H25ClN2O2. The van der Waals surface area contributed by atoms with Crippen LogP contribution in [0.5, 0.6) is 5.75 Å². The number of hydrogen-bond donors (Lipinski definition) is 2. The van der Waals surface area contributed by atoms with E-state index in [1.807, 2.05) is 32.9 Å². The summed E-state index contributed by atoms with van der Waals surface area (Å²) in [6.07, 6.45) is 1.05. The number of benzene rings is 1. The molecule has 118 valence electrons. The molecule has 4 nitrogen and oxygen atoms in total. The summed E-state index contributed by atoms with van der Waals surface area (Å²) in [5.74, 6) is 0.372. The van der Waals surface area contributed by atoms with Crippen molar-refractivity contribution in [2.24, 2.45) is 5.73 Å². The Labute approximate surface area is 132 Å². The van der Waals surface area contributed by atoms with Gasteiger partial charge in [-0.15, -0.1) is 0 Å². The van der Waals surface area contributed by atoms with E-state index in [1.165, 1.54) is 0 Å². The molecule has 0 heterocycles. The number of carbonyl (C=O) groups excluding carboxylic acids is 1. The zero-order chi connectivity index (χ0) is 16.0. The Morgan fingerprint density at radius 1 is 1.38 bits per heavy atom. The third kappa shape index (κ3) is 5.94. The lowest BCUT2D eigenvalue weighted by Crippen LogP contribution is -2.41. The van der Waals surface area contributed by atoms with Gasteiger partial charge in [0, 0.05) is 12.1 Å². The van der Waals surface area contributed by atoms with E-state index in [0.29, 0.717) is 10.8 Å². The Morgan fingerprint density at radius 3 is 2.57 bits per heavy atom. The van der Waals surface area contributed by atoms with Gasteiger partial charge in [-0.25, -0.2) is 0 Å². The maximum Gasteiger partial charge on any atom is 0.260 e. The molecule has 0 aliphatic heterocycles. The molecule has 3 N–H and O–H groups in total. The Hall–Kier alpha value is -1.26. The Bertz CT molecular complexity index is 477. The molecule has 0 aliphatic carbocycles. The Balaban J connectivity index is 2.68. The highest BCUT2D eigenvalue weighted by atomic mass is 35.5. The summed E-state index contributed by atoms with van der Waals surface area (Å²) >= 11 is 6.20. The van der Waals surface area contributed by atoms with Crippen molar-refractivity contribution < 1.29 is 9.53 Å². The van der Waals surface area contributed by atoms with Gasteiger partial charge in [-0.1, -0.05) is 24.6 Å². The van der Waals surface area contributed by atoms with Gasteiger partial charge in [0.1, 0.15) is 5.75 Å². The largest absolute Gasteiger partial charge is 0.479 e. The molecule has 1 aromatic rings. The van der Waals surface area contributed by atoms with Gasteiger partial charge in [-0.2, -0.15) is 0 Å². The molecule has 0 aliphatic rings. The number of carbonyl (C=O) groups is 1. The van der Waals surface area contributed by atoms with E-state index in [0.717, 1.165) is 18.4 Å². The van der Waals surface area contributed by atoms with E-state index in [1.54, 1.807) is 13.0 Å². The van der Waals surface area contributed by atoms with Gasteiger partial charge in [0.15, 0.2) is 6.10 Å². The minimum atomic E-state index is -0.587. The van der Waals surface area contributed by atoms with Crippen molar-refractivity contribution in [1.29, 1.82) is 0 Å². The first-order valence-corrected chi connectivity index (χ1v) is 7.72. The zero-order valence-electron chi connectivity index (χ0n) is 13.2. The molecule has 0 saturated carbocycles. The average molecular weight is 313 g/mol. The number of nitrogens with one attached hydrogen (secondary N) is 1. The van der Waals surface area contributed by atoms with Gasteiger partial charge in [-0.05, 0) is 51.3 Å². The molecule has 21 heavy (non-hydrogen) atoms. The summed E-state index contributed by atoms with van der Waals surface area (Å²) in [4.78, 5) is 11.9. The van der Waals surface area contributed by atoms with Crippen molar-refractivity contribution in [3.63, 3.8) is 0 Å². The van der Waals surface area contributed by atoms with E-state index in [-0.39, 0.29) is 18.0 Å². The Morgan fingerprint density at radius 2 is 2.05 bits per heavy atom. The molecule has 1 aromatic carbocycles. The molecule has 0 fully saturated rings. The van der Waals surface area contributed by atoms with E-state index < -0.39 is 6.10 Å². The fraction of sp³-hybridized carbons (Fsp3) is 0.562. The highest BCUT2D eigenvalue weighted by Crippen LogP contribution is 2.27. The minimum Gasteiger partial charge on any atom is -0.479 e. The quantitative estimate of drug-likeness (QED) is 0.813. The highest BCUT2D eigenvalue weighted by Gasteiger charge is 2.17. The molecule has 3 unspecified atom stereocenters. The van der Waals surface area contributed by atoms with Crippen LogP contribution < -0.4 is 15.8 Å². The predicted octanol–water partition coefficient (Wildman–Crippen LogP) is 2.91. The van der Waals surface area contributed by atoms with Crippen LogP contribution in [0.1, 0.15) is 39.7 Å². The maximum atomic E-state index is 11.9. The van der Waals surface area contributed by atoms with Gasteiger partial charge in [0.25, 0.3) is 5.91 Å². The number of amides is 1. The van der Waals surface area contributed by atoms with Crippen molar-refractivity contribution in [2.75, 3.05) is 0 Å². The molecular weight excluding hydrogens is 288 g/mol. The van der Waals surface area contributed by atoms with Crippen molar-refractivity contribution in [2.45, 2.75) is 58.7 Å². The third-order valence-electron chi connectivity index (χ3n) is 3.23. The summed E-state index contributed by atoms with van der Waals surface area (Å²) in [5.41, 5.74) is 6.82. The first kappa shape index (κ1) is 17.8. The molecule has 0 bridgehead atoms. The van der Waals surface area contributed by atoms with Crippen LogP contribution in [0.2, 0.25) is 5.02 Å². The van der Waals surface area contributed by atoms with Crippen LogP contribution in [0.15, 0.2) is 18.2 Å². The SMILES string of the molecule is CCC(C)NC(=O)C(C)Oc1ccc(CC(C)N)cc1Cl. The van der Waals surface area contributed by atoms with Gasteiger partial charge in [0.05, 0.1) is 5.02 Å². The van der Waals surface area contributed by atoms with Crippen LogP contribution in [0.4, 0.5) is 0 Å². The second-order valence-corrected chi connectivity index (χ2v) is 5.93. The summed E-state index contributed by atoms with van der Waals surface area (Å²) in [6.45, 7) is 7.63. The first-order valence-electron chi connectivity index (χ1n) is 7.34. The molecule has 0 aromatic heterocycles. The van der Waals surface area contributed by atoms with Gasteiger partial charge < -0.3 is 15.8 Å². The van der Waals surface area contributed by atoms with Gasteiger partial charge >= 0.3 is 0 Å². The molecule has 0 radical (unpaired) electrons. The van der Waals surface area contributed by atoms with Crippen molar-refractivity contribution in [3.8, 4) is 5.75 Å². The first-order chi connectivity index (χ1) is 9.83. The highest BCUT2D eigenvalue weighted by molar-refractivity contribution is 6.32. The van der Waals surface area contributed by atoms with Crippen LogP contribution in [-0.2, 0) is 11.2 Å². The lowest BCUT2D eigenvalue weighted by atomic mass is 10.1. The standard InChI is InChI=1S/C16H25ClN2O2/c1-5-11(3)19-16(20)12(4)21-15-7-6-13(8-10(2)18)9-14(15)17/h6-7,9-12H,5,8,18H2,1-4H3,(H,19,20). The monoisotopic (exact) mass is 312 g/mol. The fourth-order valence-corrected chi connectivity index (χ4v) is 2.09. The third-order valence-corrected chi connectivity index (χ3v) is 3.52. The van der Waals surface area contributed by atoms with Crippen molar-refractivity contribution in [3.05, 3.63) is 28.8 Å². The topological polar surface area (TPSA) is 64.3 Å². The van der Waals surface area contributed by atoms with Crippen LogP contribution in [0, 0.1) is 0 Å². The number of halogens is 1. The minimum absolute atomic E-state index is 0.0769. The van der Waals surface area contributed by atoms with Gasteiger partial charge in [0.2, 0.25) is 0 Å². The molecule has 1 rings (SSSR count).